The second-order valence-corrected chi connectivity index (χ2v) is 5.16. The predicted molar refractivity (Wildman–Crippen MR) is 80.1 cm³/mol. The highest BCUT2D eigenvalue weighted by atomic mass is 79.9. The summed E-state index contributed by atoms with van der Waals surface area (Å²) in [4.78, 5) is 12.1. The average molecular weight is 359 g/mol. The molecule has 0 aliphatic carbocycles. The minimum Gasteiger partial charge on any atom is -0.495 e. The molecule has 0 aliphatic heterocycles. The number of nitrogens with one attached hydrogen (secondary N) is 1. The molecule has 0 spiro atoms. The van der Waals surface area contributed by atoms with Crippen LogP contribution < -0.4 is 10.1 Å². The van der Waals surface area contributed by atoms with Gasteiger partial charge in [0.15, 0.2) is 0 Å². The minimum atomic E-state index is -0.599. The Hall–Kier alpha value is -1.59. The van der Waals surface area contributed by atoms with Crippen LogP contribution in [0.1, 0.15) is 10.4 Å². The molecular weight excluding hydrogens is 349 g/mol. The summed E-state index contributed by atoms with van der Waals surface area (Å²) in [6.45, 7) is 0. The number of benzene rings is 2. The molecule has 1 N–H and O–H groups in total. The zero-order valence-electron chi connectivity index (χ0n) is 10.4. The van der Waals surface area contributed by atoms with Crippen molar-refractivity contribution < 1.29 is 13.9 Å². The van der Waals surface area contributed by atoms with Crippen molar-refractivity contribution in [2.45, 2.75) is 0 Å². The Morgan fingerprint density at radius 2 is 2.10 bits per heavy atom. The van der Waals surface area contributed by atoms with Gasteiger partial charge in [-0.2, -0.15) is 0 Å². The van der Waals surface area contributed by atoms with E-state index in [1.807, 2.05) is 0 Å². The lowest BCUT2D eigenvalue weighted by molar-refractivity contribution is 0.102. The number of hydrogen-bond donors (Lipinski definition) is 1. The van der Waals surface area contributed by atoms with Crippen LogP contribution in [0.4, 0.5) is 10.1 Å². The Morgan fingerprint density at radius 1 is 1.35 bits per heavy atom. The molecule has 0 radical (unpaired) electrons. The molecule has 0 aromatic heterocycles. The van der Waals surface area contributed by atoms with E-state index in [-0.39, 0.29) is 5.56 Å². The van der Waals surface area contributed by atoms with Crippen LogP contribution in [0.5, 0.6) is 5.75 Å². The SMILES string of the molecule is COc1cc(NC(=O)c2c(F)cccc2Br)ccc1Cl. The van der Waals surface area contributed by atoms with Crippen LogP contribution in [0.15, 0.2) is 40.9 Å². The van der Waals surface area contributed by atoms with Crippen molar-refractivity contribution in [2.75, 3.05) is 12.4 Å². The molecule has 0 saturated heterocycles. The van der Waals surface area contributed by atoms with Crippen molar-refractivity contribution >= 4 is 39.1 Å². The van der Waals surface area contributed by atoms with Gasteiger partial charge in [-0.1, -0.05) is 17.7 Å². The lowest BCUT2D eigenvalue weighted by Crippen LogP contribution is -2.14. The summed E-state index contributed by atoms with van der Waals surface area (Å²) < 4.78 is 19.1. The first-order valence-corrected chi connectivity index (χ1v) is 6.79. The Balaban J connectivity index is 2.28. The summed E-state index contributed by atoms with van der Waals surface area (Å²) in [6, 6.07) is 9.10. The van der Waals surface area contributed by atoms with Gasteiger partial charge in [0.2, 0.25) is 0 Å². The maximum absolute atomic E-state index is 13.7. The van der Waals surface area contributed by atoms with Crippen molar-refractivity contribution in [3.63, 3.8) is 0 Å². The molecule has 2 rings (SSSR count). The number of carbonyl (C=O) groups excluding carboxylic acids is 1. The number of ether oxygens (including phenoxy) is 1. The normalized spacial score (nSPS) is 10.2. The Morgan fingerprint density at radius 3 is 2.75 bits per heavy atom. The van der Waals surface area contributed by atoms with E-state index in [0.29, 0.717) is 20.9 Å². The van der Waals surface area contributed by atoms with E-state index in [2.05, 4.69) is 21.2 Å². The molecule has 0 aliphatic rings. The van der Waals surface area contributed by atoms with E-state index in [1.54, 1.807) is 24.3 Å². The molecule has 2 aromatic carbocycles. The van der Waals surface area contributed by atoms with E-state index in [4.69, 9.17) is 16.3 Å². The number of anilines is 1. The molecule has 0 saturated carbocycles. The molecule has 0 heterocycles. The minimum absolute atomic E-state index is 0.0542. The number of hydrogen-bond acceptors (Lipinski definition) is 2. The smallest absolute Gasteiger partial charge is 0.259 e. The Bertz CT molecular complexity index is 643. The molecule has 0 unspecified atom stereocenters. The zero-order valence-corrected chi connectivity index (χ0v) is 12.8. The first kappa shape index (κ1) is 14.8. The van der Waals surface area contributed by atoms with Crippen molar-refractivity contribution in [3.05, 3.63) is 57.3 Å². The summed E-state index contributed by atoms with van der Waals surface area (Å²) in [5.74, 6) is -0.728. The van der Waals surface area contributed by atoms with Gasteiger partial charge in [0.25, 0.3) is 5.91 Å². The summed E-state index contributed by atoms with van der Waals surface area (Å²) in [5.41, 5.74) is 0.410. The van der Waals surface area contributed by atoms with Crippen LogP contribution in [0.2, 0.25) is 5.02 Å². The van der Waals surface area contributed by atoms with Crippen molar-refractivity contribution in [1.29, 1.82) is 0 Å². The number of halogens is 3. The lowest BCUT2D eigenvalue weighted by atomic mass is 10.2. The summed E-state index contributed by atoms with van der Waals surface area (Å²) in [6.07, 6.45) is 0. The quantitative estimate of drug-likeness (QED) is 0.877. The largest absolute Gasteiger partial charge is 0.495 e. The summed E-state index contributed by atoms with van der Waals surface area (Å²) in [7, 11) is 1.47. The molecule has 3 nitrogen and oxygen atoms in total. The second kappa shape index (κ2) is 6.24. The Kier molecular flexibility index (Phi) is 4.62. The topological polar surface area (TPSA) is 38.3 Å². The first-order valence-electron chi connectivity index (χ1n) is 5.62. The van der Waals surface area contributed by atoms with E-state index in [0.717, 1.165) is 0 Å². The number of carbonyl (C=O) groups is 1. The lowest BCUT2D eigenvalue weighted by Gasteiger charge is -2.10. The van der Waals surface area contributed by atoms with Gasteiger partial charge in [0.1, 0.15) is 11.6 Å². The molecule has 2 aromatic rings. The molecule has 0 bridgehead atoms. The molecule has 0 atom stereocenters. The zero-order chi connectivity index (χ0) is 14.7. The highest BCUT2D eigenvalue weighted by molar-refractivity contribution is 9.10. The predicted octanol–water partition coefficient (Wildman–Crippen LogP) is 4.50. The Labute approximate surface area is 128 Å². The van der Waals surface area contributed by atoms with Gasteiger partial charge in [-0.05, 0) is 40.2 Å². The highest BCUT2D eigenvalue weighted by Crippen LogP contribution is 2.28. The summed E-state index contributed by atoms with van der Waals surface area (Å²) >= 11 is 9.05. The third-order valence-corrected chi connectivity index (χ3v) is 3.57. The van der Waals surface area contributed by atoms with Gasteiger partial charge < -0.3 is 10.1 Å². The van der Waals surface area contributed by atoms with Gasteiger partial charge in [-0.25, -0.2) is 4.39 Å². The average Bonchev–Trinajstić information content (AvgIpc) is 2.40. The van der Waals surface area contributed by atoms with E-state index >= 15 is 0 Å². The third kappa shape index (κ3) is 3.11. The van der Waals surface area contributed by atoms with Gasteiger partial charge >= 0.3 is 0 Å². The van der Waals surface area contributed by atoms with Crippen LogP contribution in [0.3, 0.4) is 0 Å². The maximum atomic E-state index is 13.7. The first-order chi connectivity index (χ1) is 9.52. The van der Waals surface area contributed by atoms with Gasteiger partial charge in [0, 0.05) is 16.2 Å². The second-order valence-electron chi connectivity index (χ2n) is 3.90. The van der Waals surface area contributed by atoms with Crippen molar-refractivity contribution in [2.24, 2.45) is 0 Å². The number of methoxy groups -OCH3 is 1. The number of rotatable bonds is 3. The van der Waals surface area contributed by atoms with E-state index in [1.165, 1.54) is 19.2 Å². The molecular formula is C14H10BrClFNO2. The number of amides is 1. The van der Waals surface area contributed by atoms with Crippen molar-refractivity contribution in [1.82, 2.24) is 0 Å². The highest BCUT2D eigenvalue weighted by Gasteiger charge is 2.16. The monoisotopic (exact) mass is 357 g/mol. The van der Waals surface area contributed by atoms with Crippen LogP contribution in [-0.2, 0) is 0 Å². The van der Waals surface area contributed by atoms with E-state index in [9.17, 15) is 9.18 Å². The molecule has 20 heavy (non-hydrogen) atoms. The maximum Gasteiger partial charge on any atom is 0.259 e. The van der Waals surface area contributed by atoms with Crippen molar-refractivity contribution in [3.8, 4) is 5.75 Å². The van der Waals surface area contributed by atoms with E-state index < -0.39 is 11.7 Å². The molecule has 104 valence electrons. The van der Waals surface area contributed by atoms with Crippen LogP contribution >= 0.6 is 27.5 Å². The van der Waals surface area contributed by atoms with Crippen LogP contribution in [-0.4, -0.2) is 13.0 Å². The van der Waals surface area contributed by atoms with Crippen LogP contribution in [0, 0.1) is 5.82 Å². The van der Waals surface area contributed by atoms with Gasteiger partial charge in [0.05, 0.1) is 17.7 Å². The molecule has 1 amide bonds. The fourth-order valence-corrected chi connectivity index (χ4v) is 2.36. The molecule has 6 heteroatoms. The molecule has 0 fully saturated rings. The fraction of sp³-hybridized carbons (Fsp3) is 0.0714. The van der Waals surface area contributed by atoms with Gasteiger partial charge in [-0.3, -0.25) is 4.79 Å². The fourth-order valence-electron chi connectivity index (χ4n) is 1.65. The standard InChI is InChI=1S/C14H10BrClFNO2/c1-20-12-7-8(5-6-10(12)16)18-14(19)13-9(15)3-2-4-11(13)17/h2-7H,1H3,(H,18,19). The van der Waals surface area contributed by atoms with Gasteiger partial charge in [-0.15, -0.1) is 0 Å². The third-order valence-electron chi connectivity index (χ3n) is 2.60. The summed E-state index contributed by atoms with van der Waals surface area (Å²) in [5, 5.41) is 3.02. The van der Waals surface area contributed by atoms with Crippen LogP contribution in [0.25, 0.3) is 0 Å².